The average Bonchev–Trinajstić information content (AvgIpc) is 1.83. The highest BCUT2D eigenvalue weighted by Crippen LogP contribution is 1.83. The summed E-state index contributed by atoms with van der Waals surface area (Å²) in [5.41, 5.74) is 0.0972. The molecular formula is C6H5NO. The Balaban J connectivity index is 4.12. The van der Waals surface area contributed by atoms with Gasteiger partial charge in [0.05, 0.1) is 5.57 Å². The second-order valence-electron chi connectivity index (χ2n) is 1.09. The van der Waals surface area contributed by atoms with Crippen LogP contribution < -0.4 is 0 Å². The van der Waals surface area contributed by atoms with Crippen LogP contribution in [0.2, 0.25) is 0 Å². The normalized spacial score (nSPS) is 9.62. The van der Waals surface area contributed by atoms with Gasteiger partial charge in [0, 0.05) is 0 Å². The van der Waals surface area contributed by atoms with Crippen LogP contribution in [0.3, 0.4) is 0 Å². The fourth-order valence-corrected chi connectivity index (χ4v) is 0.230. The molecule has 0 aliphatic heterocycles. The summed E-state index contributed by atoms with van der Waals surface area (Å²) in [6.45, 7) is 3.31. The highest BCUT2D eigenvalue weighted by Gasteiger charge is 1.83. The minimum absolute atomic E-state index is 0.0972. The number of aldehydes is 1. The van der Waals surface area contributed by atoms with Crippen molar-refractivity contribution < 1.29 is 4.79 Å². The molecule has 0 aliphatic carbocycles. The fraction of sp³-hybridized carbons (Fsp3) is 0. The molecule has 0 aromatic heterocycles. The predicted molar refractivity (Wildman–Crippen MR) is 30.0 cm³/mol. The number of allylic oxidation sites excluding steroid dienone is 3. The van der Waals surface area contributed by atoms with E-state index in [2.05, 4.69) is 6.58 Å². The number of nitriles is 1. The Morgan fingerprint density at radius 3 is 2.50 bits per heavy atom. The first-order valence-electron chi connectivity index (χ1n) is 2.03. The van der Waals surface area contributed by atoms with E-state index in [1.165, 1.54) is 12.2 Å². The summed E-state index contributed by atoms with van der Waals surface area (Å²) in [5.74, 6) is 0. The smallest absolute Gasteiger partial charge is 0.160 e. The number of rotatable bonds is 2. The molecule has 0 aliphatic rings. The van der Waals surface area contributed by atoms with E-state index >= 15 is 0 Å². The first kappa shape index (κ1) is 6.64. The molecular weight excluding hydrogens is 102 g/mol. The number of carbonyl (C=O) groups excluding carboxylic acids is 1. The van der Waals surface area contributed by atoms with Crippen molar-refractivity contribution in [1.29, 1.82) is 5.26 Å². The van der Waals surface area contributed by atoms with Gasteiger partial charge in [-0.25, -0.2) is 0 Å². The Bertz CT molecular complexity index is 162. The summed E-state index contributed by atoms with van der Waals surface area (Å²) >= 11 is 0. The molecule has 0 bridgehead atoms. The van der Waals surface area contributed by atoms with Crippen molar-refractivity contribution in [3.63, 3.8) is 0 Å². The molecule has 0 unspecified atom stereocenters. The monoisotopic (exact) mass is 107 g/mol. The molecule has 40 valence electrons. The maximum atomic E-state index is 9.79. The Hall–Kier alpha value is -1.36. The molecule has 0 spiro atoms. The van der Waals surface area contributed by atoms with Crippen LogP contribution in [-0.4, -0.2) is 6.29 Å². The highest BCUT2D eigenvalue weighted by atomic mass is 16.1. The van der Waals surface area contributed by atoms with Crippen molar-refractivity contribution in [2.24, 2.45) is 0 Å². The lowest BCUT2D eigenvalue weighted by Gasteiger charge is -1.72. The molecule has 0 saturated heterocycles. The fourth-order valence-electron chi connectivity index (χ4n) is 0.230. The second kappa shape index (κ2) is 3.82. The lowest BCUT2D eigenvalue weighted by molar-refractivity contribution is -0.104. The molecule has 0 rings (SSSR count). The summed E-state index contributed by atoms with van der Waals surface area (Å²) < 4.78 is 0. The SMILES string of the molecule is C=C/C=C(/C#N)C=O. The zero-order valence-electron chi connectivity index (χ0n) is 4.29. The minimum atomic E-state index is 0.0972. The van der Waals surface area contributed by atoms with Crippen LogP contribution in [0.25, 0.3) is 0 Å². The van der Waals surface area contributed by atoms with Crippen molar-refractivity contribution in [3.05, 3.63) is 24.3 Å². The van der Waals surface area contributed by atoms with Gasteiger partial charge in [0.1, 0.15) is 6.07 Å². The zero-order valence-corrected chi connectivity index (χ0v) is 4.29. The Labute approximate surface area is 47.7 Å². The number of nitrogens with zero attached hydrogens (tertiary/aromatic N) is 1. The molecule has 0 aromatic carbocycles. The van der Waals surface area contributed by atoms with Gasteiger partial charge in [-0.1, -0.05) is 12.7 Å². The molecule has 0 amide bonds. The lowest BCUT2D eigenvalue weighted by atomic mass is 10.3. The molecule has 0 heterocycles. The largest absolute Gasteiger partial charge is 0.297 e. The maximum absolute atomic E-state index is 9.79. The first-order chi connectivity index (χ1) is 3.85. The van der Waals surface area contributed by atoms with Crippen LogP contribution in [0, 0.1) is 11.3 Å². The van der Waals surface area contributed by atoms with Crippen LogP contribution in [0.15, 0.2) is 24.3 Å². The van der Waals surface area contributed by atoms with Crippen molar-refractivity contribution in [1.82, 2.24) is 0 Å². The first-order valence-corrected chi connectivity index (χ1v) is 2.03. The van der Waals surface area contributed by atoms with Crippen molar-refractivity contribution >= 4 is 6.29 Å². The summed E-state index contributed by atoms with van der Waals surface area (Å²) in [6.07, 6.45) is 3.24. The molecule has 0 atom stereocenters. The maximum Gasteiger partial charge on any atom is 0.160 e. The van der Waals surface area contributed by atoms with Crippen molar-refractivity contribution in [3.8, 4) is 6.07 Å². The molecule has 0 saturated carbocycles. The van der Waals surface area contributed by atoms with Gasteiger partial charge in [-0.2, -0.15) is 5.26 Å². The Kier molecular flexibility index (Phi) is 3.17. The third-order valence-electron chi connectivity index (χ3n) is 0.553. The molecule has 0 N–H and O–H groups in total. The van der Waals surface area contributed by atoms with Gasteiger partial charge in [0.25, 0.3) is 0 Å². The van der Waals surface area contributed by atoms with E-state index in [4.69, 9.17) is 5.26 Å². The summed E-state index contributed by atoms with van der Waals surface area (Å²) in [5, 5.41) is 8.06. The topological polar surface area (TPSA) is 40.9 Å². The van der Waals surface area contributed by atoms with E-state index in [1.54, 1.807) is 6.07 Å². The molecule has 0 aromatic rings. The van der Waals surface area contributed by atoms with E-state index in [1.807, 2.05) is 0 Å². The van der Waals surface area contributed by atoms with Gasteiger partial charge in [-0.15, -0.1) is 0 Å². The zero-order chi connectivity index (χ0) is 6.41. The van der Waals surface area contributed by atoms with E-state index in [0.29, 0.717) is 6.29 Å². The van der Waals surface area contributed by atoms with Crippen LogP contribution in [-0.2, 0) is 4.79 Å². The van der Waals surface area contributed by atoms with Crippen LogP contribution >= 0.6 is 0 Å². The molecule has 2 nitrogen and oxygen atoms in total. The quantitative estimate of drug-likeness (QED) is 0.227. The van der Waals surface area contributed by atoms with Crippen LogP contribution in [0.5, 0.6) is 0 Å². The van der Waals surface area contributed by atoms with Gasteiger partial charge < -0.3 is 0 Å². The van der Waals surface area contributed by atoms with E-state index in [0.717, 1.165) is 0 Å². The molecule has 0 radical (unpaired) electrons. The average molecular weight is 107 g/mol. The van der Waals surface area contributed by atoms with Crippen LogP contribution in [0.1, 0.15) is 0 Å². The number of hydrogen-bond acceptors (Lipinski definition) is 2. The lowest BCUT2D eigenvalue weighted by Crippen LogP contribution is -1.74. The van der Waals surface area contributed by atoms with Gasteiger partial charge in [0.15, 0.2) is 6.29 Å². The minimum Gasteiger partial charge on any atom is -0.297 e. The third kappa shape index (κ3) is 1.93. The highest BCUT2D eigenvalue weighted by molar-refractivity contribution is 5.79. The van der Waals surface area contributed by atoms with Gasteiger partial charge >= 0.3 is 0 Å². The van der Waals surface area contributed by atoms with Crippen molar-refractivity contribution in [2.45, 2.75) is 0 Å². The third-order valence-corrected chi connectivity index (χ3v) is 0.553. The Morgan fingerprint density at radius 2 is 2.38 bits per heavy atom. The number of hydrogen-bond donors (Lipinski definition) is 0. The number of carbonyl (C=O) groups is 1. The molecule has 0 fully saturated rings. The molecule has 8 heavy (non-hydrogen) atoms. The van der Waals surface area contributed by atoms with Gasteiger partial charge in [-0.3, -0.25) is 4.79 Å². The van der Waals surface area contributed by atoms with E-state index in [-0.39, 0.29) is 5.57 Å². The summed E-state index contributed by atoms with van der Waals surface area (Å²) in [6, 6.07) is 1.67. The predicted octanol–water partition coefficient (Wildman–Crippen LogP) is 0.821. The van der Waals surface area contributed by atoms with E-state index < -0.39 is 0 Å². The summed E-state index contributed by atoms with van der Waals surface area (Å²) in [4.78, 5) is 9.79. The standard InChI is InChI=1S/C6H5NO/c1-2-3-6(4-7)5-8/h2-3,5H,1H2/b6-3-. The van der Waals surface area contributed by atoms with Crippen LogP contribution in [0.4, 0.5) is 0 Å². The van der Waals surface area contributed by atoms with Gasteiger partial charge in [0.2, 0.25) is 0 Å². The van der Waals surface area contributed by atoms with Crippen molar-refractivity contribution in [2.75, 3.05) is 0 Å². The second-order valence-corrected chi connectivity index (χ2v) is 1.09. The van der Waals surface area contributed by atoms with E-state index in [9.17, 15) is 4.79 Å². The Morgan fingerprint density at radius 1 is 1.75 bits per heavy atom. The molecule has 2 heteroatoms. The van der Waals surface area contributed by atoms with Gasteiger partial charge in [-0.05, 0) is 6.08 Å². The summed E-state index contributed by atoms with van der Waals surface area (Å²) in [7, 11) is 0.